The van der Waals surface area contributed by atoms with Crippen LogP contribution in [0.15, 0.2) is 4.47 Å². The normalized spacial score (nSPS) is 11.2. The van der Waals surface area contributed by atoms with Crippen LogP contribution < -0.4 is 0 Å². The van der Waals surface area contributed by atoms with E-state index in [9.17, 15) is 0 Å². The zero-order chi connectivity index (χ0) is 14.0. The van der Waals surface area contributed by atoms with Crippen molar-refractivity contribution in [2.24, 2.45) is 0 Å². The van der Waals surface area contributed by atoms with Crippen molar-refractivity contribution in [1.29, 1.82) is 0 Å². The molecule has 0 amide bonds. The smallest absolute Gasteiger partial charge is 0.150 e. The third-order valence-electron chi connectivity index (χ3n) is 3.18. The van der Waals surface area contributed by atoms with Crippen LogP contribution in [0.5, 0.6) is 0 Å². The summed E-state index contributed by atoms with van der Waals surface area (Å²) in [4.78, 5) is 4.54. The number of hydrogen-bond donors (Lipinski definition) is 0. The molecule has 104 valence electrons. The summed E-state index contributed by atoms with van der Waals surface area (Å²) in [7, 11) is 0. The minimum atomic E-state index is 0.714. The van der Waals surface area contributed by atoms with Crippen molar-refractivity contribution in [2.45, 2.75) is 53.6 Å². The Morgan fingerprint density at radius 1 is 1.05 bits per heavy atom. The summed E-state index contributed by atoms with van der Waals surface area (Å²) < 4.78 is 5.09. The van der Waals surface area contributed by atoms with Crippen LogP contribution >= 0.6 is 15.9 Å². The predicted octanol–water partition coefficient (Wildman–Crippen LogP) is 2.74. The molecule has 0 aliphatic carbocycles. The molecule has 2 rings (SSSR count). The number of aryl methyl sites for hydroxylation is 4. The quantitative estimate of drug-likeness (QED) is 0.849. The zero-order valence-corrected chi connectivity index (χ0v) is 13.5. The van der Waals surface area contributed by atoms with Crippen LogP contribution in [-0.4, -0.2) is 24.5 Å². The Hall–Kier alpha value is -1.17. The monoisotopic (exact) mass is 325 g/mol. The average Bonchev–Trinajstić information content (AvgIpc) is 2.94. The Morgan fingerprint density at radius 3 is 2.37 bits per heavy atom. The van der Waals surface area contributed by atoms with Crippen molar-refractivity contribution in [3.8, 4) is 0 Å². The minimum Gasteiger partial charge on any atom is -0.267 e. The van der Waals surface area contributed by atoms with Crippen molar-refractivity contribution in [3.05, 3.63) is 27.5 Å². The summed E-state index contributed by atoms with van der Waals surface area (Å²) in [5, 5.41) is 9.08. The molecule has 2 heterocycles. The molecule has 0 radical (unpaired) electrons. The van der Waals surface area contributed by atoms with Gasteiger partial charge in [-0.1, -0.05) is 13.8 Å². The summed E-state index contributed by atoms with van der Waals surface area (Å²) in [6.45, 7) is 9.87. The fourth-order valence-corrected chi connectivity index (χ4v) is 2.54. The van der Waals surface area contributed by atoms with Crippen LogP contribution in [0.2, 0.25) is 0 Å². The van der Waals surface area contributed by atoms with Crippen LogP contribution in [-0.2, 0) is 25.9 Å². The first-order chi connectivity index (χ1) is 9.10. The molecule has 2 aromatic rings. The van der Waals surface area contributed by atoms with Gasteiger partial charge in [0.15, 0.2) is 5.82 Å². The first-order valence-corrected chi connectivity index (χ1v) is 7.54. The molecule has 2 aromatic heterocycles. The SMILES string of the molecule is CCc1nc(CC)n(Cc2c(Br)c(C)nn2CC)n1. The highest BCUT2D eigenvalue weighted by Gasteiger charge is 2.15. The third-order valence-corrected chi connectivity index (χ3v) is 4.21. The summed E-state index contributed by atoms with van der Waals surface area (Å²) >= 11 is 3.62. The lowest BCUT2D eigenvalue weighted by molar-refractivity contribution is 0.558. The average molecular weight is 326 g/mol. The summed E-state index contributed by atoms with van der Waals surface area (Å²) in [6, 6.07) is 0. The molecule has 0 fully saturated rings. The molecular formula is C13H20BrN5. The molecule has 0 aliphatic rings. The van der Waals surface area contributed by atoms with Crippen LogP contribution in [0.1, 0.15) is 43.8 Å². The number of halogens is 1. The molecule has 19 heavy (non-hydrogen) atoms. The Balaban J connectivity index is 2.38. The molecule has 0 saturated carbocycles. The fourth-order valence-electron chi connectivity index (χ4n) is 2.13. The maximum atomic E-state index is 4.56. The van der Waals surface area contributed by atoms with E-state index in [1.807, 2.05) is 16.3 Å². The maximum absolute atomic E-state index is 4.56. The topological polar surface area (TPSA) is 48.5 Å². The molecule has 0 saturated heterocycles. The molecule has 6 heteroatoms. The first-order valence-electron chi connectivity index (χ1n) is 6.75. The van der Waals surface area contributed by atoms with Crippen molar-refractivity contribution >= 4 is 15.9 Å². The Kier molecular flexibility index (Phi) is 4.39. The molecule has 5 nitrogen and oxygen atoms in total. The summed E-state index contributed by atoms with van der Waals surface area (Å²) in [6.07, 6.45) is 1.76. The van der Waals surface area contributed by atoms with E-state index in [2.05, 4.69) is 51.9 Å². The molecular weight excluding hydrogens is 306 g/mol. The van der Waals surface area contributed by atoms with E-state index in [0.717, 1.165) is 46.9 Å². The molecule has 0 aliphatic heterocycles. The second-order valence-electron chi connectivity index (χ2n) is 4.47. The van der Waals surface area contributed by atoms with Crippen molar-refractivity contribution in [2.75, 3.05) is 0 Å². The van der Waals surface area contributed by atoms with Gasteiger partial charge in [0.2, 0.25) is 0 Å². The second-order valence-corrected chi connectivity index (χ2v) is 5.26. The Labute approximate surface area is 122 Å². The highest BCUT2D eigenvalue weighted by Crippen LogP contribution is 2.22. The van der Waals surface area contributed by atoms with Gasteiger partial charge < -0.3 is 0 Å². The maximum Gasteiger partial charge on any atom is 0.150 e. The van der Waals surface area contributed by atoms with E-state index >= 15 is 0 Å². The van der Waals surface area contributed by atoms with Crippen LogP contribution in [0.3, 0.4) is 0 Å². The molecule has 0 N–H and O–H groups in total. The van der Waals surface area contributed by atoms with Gasteiger partial charge in [-0.2, -0.15) is 10.2 Å². The lowest BCUT2D eigenvalue weighted by Crippen LogP contribution is -2.12. The Morgan fingerprint density at radius 2 is 1.79 bits per heavy atom. The van der Waals surface area contributed by atoms with E-state index in [0.29, 0.717) is 6.54 Å². The van der Waals surface area contributed by atoms with Crippen LogP contribution in [0, 0.1) is 6.92 Å². The van der Waals surface area contributed by atoms with Gasteiger partial charge >= 0.3 is 0 Å². The highest BCUT2D eigenvalue weighted by molar-refractivity contribution is 9.10. The first kappa shape index (κ1) is 14.2. The van der Waals surface area contributed by atoms with Crippen LogP contribution in [0.4, 0.5) is 0 Å². The van der Waals surface area contributed by atoms with Crippen LogP contribution in [0.25, 0.3) is 0 Å². The lowest BCUT2D eigenvalue weighted by Gasteiger charge is -2.07. The largest absolute Gasteiger partial charge is 0.267 e. The van der Waals surface area contributed by atoms with E-state index in [4.69, 9.17) is 0 Å². The lowest BCUT2D eigenvalue weighted by atomic mass is 10.3. The van der Waals surface area contributed by atoms with Gasteiger partial charge in [-0.05, 0) is 29.8 Å². The predicted molar refractivity (Wildman–Crippen MR) is 78.2 cm³/mol. The van der Waals surface area contributed by atoms with Crippen molar-refractivity contribution < 1.29 is 0 Å². The van der Waals surface area contributed by atoms with Gasteiger partial charge in [0.05, 0.1) is 22.4 Å². The molecule has 0 spiro atoms. The number of hydrogen-bond acceptors (Lipinski definition) is 3. The van der Waals surface area contributed by atoms with E-state index in [1.54, 1.807) is 0 Å². The third kappa shape index (κ3) is 2.73. The standard InChI is InChI=1S/C13H20BrN5/c1-5-11-15-12(6-2)19(17-11)8-10-13(14)9(4)16-18(10)7-3/h5-8H2,1-4H3. The number of aromatic nitrogens is 5. The van der Waals surface area contributed by atoms with Gasteiger partial charge in [-0.25, -0.2) is 9.67 Å². The fraction of sp³-hybridized carbons (Fsp3) is 0.615. The van der Waals surface area contributed by atoms with E-state index in [1.165, 1.54) is 0 Å². The summed E-state index contributed by atoms with van der Waals surface area (Å²) in [5.74, 6) is 1.94. The van der Waals surface area contributed by atoms with Crippen molar-refractivity contribution in [1.82, 2.24) is 24.5 Å². The summed E-state index contributed by atoms with van der Waals surface area (Å²) in [5.41, 5.74) is 2.17. The number of nitrogens with zero attached hydrogens (tertiary/aromatic N) is 5. The zero-order valence-electron chi connectivity index (χ0n) is 11.9. The molecule has 0 aromatic carbocycles. The molecule has 0 unspecified atom stereocenters. The van der Waals surface area contributed by atoms with Gasteiger partial charge in [0.1, 0.15) is 5.82 Å². The minimum absolute atomic E-state index is 0.714. The molecule has 0 atom stereocenters. The van der Waals surface area contributed by atoms with Gasteiger partial charge in [0, 0.05) is 19.4 Å². The highest BCUT2D eigenvalue weighted by atomic mass is 79.9. The molecule has 0 bridgehead atoms. The van der Waals surface area contributed by atoms with E-state index in [-0.39, 0.29) is 0 Å². The van der Waals surface area contributed by atoms with Gasteiger partial charge in [-0.3, -0.25) is 4.68 Å². The van der Waals surface area contributed by atoms with Crippen molar-refractivity contribution in [3.63, 3.8) is 0 Å². The van der Waals surface area contributed by atoms with Gasteiger partial charge in [-0.15, -0.1) is 0 Å². The number of rotatable bonds is 5. The Bertz CT molecular complexity index is 570. The van der Waals surface area contributed by atoms with Gasteiger partial charge in [0.25, 0.3) is 0 Å². The second kappa shape index (κ2) is 5.86. The van der Waals surface area contributed by atoms with E-state index < -0.39 is 0 Å².